The third-order valence-electron chi connectivity index (χ3n) is 5.26. The number of hydrogen-bond donors (Lipinski definition) is 2. The average Bonchev–Trinajstić information content (AvgIpc) is 3.48. The van der Waals surface area contributed by atoms with Gasteiger partial charge in [0.15, 0.2) is 5.76 Å². The van der Waals surface area contributed by atoms with Crippen molar-refractivity contribution < 1.29 is 13.6 Å². The van der Waals surface area contributed by atoms with Crippen LogP contribution in [0.4, 0.5) is 5.88 Å². The maximum absolute atomic E-state index is 12.7. The van der Waals surface area contributed by atoms with Crippen LogP contribution < -0.4 is 10.2 Å². The third-order valence-corrected chi connectivity index (χ3v) is 5.26. The summed E-state index contributed by atoms with van der Waals surface area (Å²) in [6.45, 7) is 5.18. The van der Waals surface area contributed by atoms with Gasteiger partial charge in [-0.1, -0.05) is 0 Å². The minimum Gasteiger partial charge on any atom is -0.459 e. The molecule has 1 aliphatic heterocycles. The van der Waals surface area contributed by atoms with Gasteiger partial charge in [-0.15, -0.1) is 0 Å². The quantitative estimate of drug-likeness (QED) is 0.642. The number of piperidine rings is 1. The Morgan fingerprint density at radius 2 is 2.27 bits per heavy atom. The molecule has 0 radical (unpaired) electrons. The number of oxazole rings is 1. The zero-order valence-electron chi connectivity index (χ0n) is 17.0. The molecule has 4 heterocycles. The zero-order valence-corrected chi connectivity index (χ0v) is 17.0. The lowest BCUT2D eigenvalue weighted by Crippen LogP contribution is -2.43. The molecule has 0 aliphatic carbocycles. The van der Waals surface area contributed by atoms with E-state index in [0.29, 0.717) is 44.0 Å². The maximum atomic E-state index is 12.7. The number of H-pyrrole nitrogens is 1. The highest BCUT2D eigenvalue weighted by atomic mass is 16.4. The van der Waals surface area contributed by atoms with E-state index in [0.717, 1.165) is 11.4 Å². The lowest BCUT2D eigenvalue weighted by atomic mass is 9.95. The van der Waals surface area contributed by atoms with Crippen molar-refractivity contribution in [2.45, 2.75) is 39.2 Å². The fourth-order valence-corrected chi connectivity index (χ4v) is 3.75. The summed E-state index contributed by atoms with van der Waals surface area (Å²) < 4.78 is 11.1. The molecule has 30 heavy (non-hydrogen) atoms. The first-order chi connectivity index (χ1) is 14.5. The number of carbonyl (C=O) groups is 1. The van der Waals surface area contributed by atoms with Crippen molar-refractivity contribution in [1.29, 1.82) is 5.26 Å². The van der Waals surface area contributed by atoms with E-state index in [1.54, 1.807) is 12.1 Å². The summed E-state index contributed by atoms with van der Waals surface area (Å²) in [5, 5.41) is 19.7. The van der Waals surface area contributed by atoms with Gasteiger partial charge in [0.1, 0.15) is 6.07 Å². The Hall–Kier alpha value is -3.54. The molecule has 156 valence electrons. The fraction of sp³-hybridized carbons (Fsp3) is 0.429. The number of aromatic amines is 1. The minimum absolute atomic E-state index is 0.00792. The SMILES string of the molecule is Cc1cc(C[C@@H](C)NC(=O)C2CCN(c3oc(-c4ccco4)nc3C#N)CC2)n[nH]1. The van der Waals surface area contributed by atoms with Gasteiger partial charge in [0.25, 0.3) is 5.89 Å². The molecule has 1 fully saturated rings. The predicted molar refractivity (Wildman–Crippen MR) is 108 cm³/mol. The number of carbonyl (C=O) groups excluding carboxylic acids is 1. The van der Waals surface area contributed by atoms with Crippen LogP contribution in [0.25, 0.3) is 11.7 Å². The first kappa shape index (κ1) is 19.8. The second-order valence-electron chi connectivity index (χ2n) is 7.68. The van der Waals surface area contributed by atoms with E-state index < -0.39 is 0 Å². The zero-order chi connectivity index (χ0) is 21.1. The Kier molecular flexibility index (Phi) is 5.57. The van der Waals surface area contributed by atoms with Gasteiger partial charge in [-0.25, -0.2) is 0 Å². The van der Waals surface area contributed by atoms with E-state index in [4.69, 9.17) is 8.83 Å². The van der Waals surface area contributed by atoms with E-state index in [1.807, 2.05) is 24.8 Å². The second-order valence-corrected chi connectivity index (χ2v) is 7.68. The minimum atomic E-state index is -0.0670. The van der Waals surface area contributed by atoms with Gasteiger partial charge >= 0.3 is 0 Å². The van der Waals surface area contributed by atoms with Crippen LogP contribution in [0, 0.1) is 24.2 Å². The molecule has 4 rings (SSSR count). The number of furan rings is 1. The number of anilines is 1. The lowest BCUT2D eigenvalue weighted by Gasteiger charge is -2.31. The Bertz CT molecular complexity index is 1040. The first-order valence-electron chi connectivity index (χ1n) is 10.0. The number of amides is 1. The molecular weight excluding hydrogens is 384 g/mol. The number of aryl methyl sites for hydroxylation is 1. The first-order valence-corrected chi connectivity index (χ1v) is 10.0. The van der Waals surface area contributed by atoms with E-state index >= 15 is 0 Å². The average molecular weight is 408 g/mol. The van der Waals surface area contributed by atoms with Crippen molar-refractivity contribution in [3.63, 3.8) is 0 Å². The van der Waals surface area contributed by atoms with E-state index in [9.17, 15) is 10.1 Å². The Morgan fingerprint density at radius 3 is 2.90 bits per heavy atom. The van der Waals surface area contributed by atoms with Gasteiger partial charge < -0.3 is 19.1 Å². The van der Waals surface area contributed by atoms with E-state index in [1.165, 1.54) is 6.26 Å². The smallest absolute Gasteiger partial charge is 0.266 e. The van der Waals surface area contributed by atoms with Crippen molar-refractivity contribution in [3.05, 3.63) is 41.5 Å². The van der Waals surface area contributed by atoms with E-state index in [-0.39, 0.29) is 29.5 Å². The molecule has 0 unspecified atom stereocenters. The van der Waals surface area contributed by atoms with Crippen LogP contribution in [0.15, 0.2) is 33.3 Å². The molecule has 2 N–H and O–H groups in total. The van der Waals surface area contributed by atoms with Gasteiger partial charge in [-0.05, 0) is 44.9 Å². The molecule has 9 heteroatoms. The molecule has 1 aliphatic rings. The highest BCUT2D eigenvalue weighted by molar-refractivity contribution is 5.79. The predicted octanol–water partition coefficient (Wildman–Crippen LogP) is 2.80. The van der Waals surface area contributed by atoms with Crippen molar-refractivity contribution in [1.82, 2.24) is 20.5 Å². The van der Waals surface area contributed by atoms with Gasteiger partial charge in [0, 0.05) is 37.2 Å². The molecule has 0 aromatic carbocycles. The largest absolute Gasteiger partial charge is 0.459 e. The summed E-state index contributed by atoms with van der Waals surface area (Å²) in [5.41, 5.74) is 2.18. The Balaban J connectivity index is 1.33. The number of aromatic nitrogens is 3. The monoisotopic (exact) mass is 408 g/mol. The second kappa shape index (κ2) is 8.45. The molecule has 3 aromatic heterocycles. The highest BCUT2D eigenvalue weighted by Crippen LogP contribution is 2.31. The number of hydrogen-bond acceptors (Lipinski definition) is 7. The Morgan fingerprint density at radius 1 is 1.47 bits per heavy atom. The number of nitriles is 1. The van der Waals surface area contributed by atoms with Gasteiger partial charge in [-0.2, -0.15) is 15.3 Å². The molecular formula is C21H24N6O3. The molecule has 1 saturated heterocycles. The summed E-state index contributed by atoms with van der Waals surface area (Å²) in [5.74, 6) is 1.19. The number of nitrogens with zero attached hydrogens (tertiary/aromatic N) is 4. The van der Waals surface area contributed by atoms with Crippen LogP contribution in [-0.2, 0) is 11.2 Å². The van der Waals surface area contributed by atoms with Crippen molar-refractivity contribution >= 4 is 11.8 Å². The van der Waals surface area contributed by atoms with Crippen molar-refractivity contribution in [2.24, 2.45) is 5.92 Å². The van der Waals surface area contributed by atoms with Crippen LogP contribution in [0.1, 0.15) is 36.8 Å². The normalized spacial score (nSPS) is 15.7. The molecule has 0 saturated carbocycles. The van der Waals surface area contributed by atoms with Crippen LogP contribution in [0.3, 0.4) is 0 Å². The van der Waals surface area contributed by atoms with Crippen LogP contribution in [-0.4, -0.2) is 40.2 Å². The molecule has 0 bridgehead atoms. The summed E-state index contributed by atoms with van der Waals surface area (Å²) in [4.78, 5) is 18.9. The number of rotatable bonds is 6. The molecule has 1 amide bonds. The summed E-state index contributed by atoms with van der Waals surface area (Å²) in [6.07, 6.45) is 3.58. The Labute approximate surface area is 174 Å². The molecule has 9 nitrogen and oxygen atoms in total. The van der Waals surface area contributed by atoms with Crippen molar-refractivity contribution in [2.75, 3.05) is 18.0 Å². The summed E-state index contributed by atoms with van der Waals surface area (Å²) >= 11 is 0. The fourth-order valence-electron chi connectivity index (χ4n) is 3.75. The lowest BCUT2D eigenvalue weighted by molar-refractivity contribution is -0.126. The van der Waals surface area contributed by atoms with E-state index in [2.05, 4.69) is 26.6 Å². The van der Waals surface area contributed by atoms with Gasteiger partial charge in [0.2, 0.25) is 17.5 Å². The standard InChI is InChI=1S/C21H24N6O3/c1-13(10-16-11-14(2)25-26-16)23-19(28)15-5-7-27(8-6-15)21-17(12-22)24-20(30-21)18-4-3-9-29-18/h3-4,9,11,13,15H,5-8,10H2,1-2H3,(H,23,28)(H,25,26)/t13-/m1/s1. The van der Waals surface area contributed by atoms with Crippen LogP contribution in [0.2, 0.25) is 0 Å². The van der Waals surface area contributed by atoms with Gasteiger partial charge in [0.05, 0.1) is 12.0 Å². The molecule has 3 aromatic rings. The van der Waals surface area contributed by atoms with Crippen molar-refractivity contribution in [3.8, 4) is 17.7 Å². The highest BCUT2D eigenvalue weighted by Gasteiger charge is 2.29. The van der Waals surface area contributed by atoms with Crippen LogP contribution >= 0.6 is 0 Å². The third kappa shape index (κ3) is 4.22. The molecule has 0 spiro atoms. The maximum Gasteiger partial charge on any atom is 0.266 e. The summed E-state index contributed by atoms with van der Waals surface area (Å²) in [6, 6.07) is 7.56. The topological polar surface area (TPSA) is 124 Å². The van der Waals surface area contributed by atoms with Gasteiger partial charge in [-0.3, -0.25) is 9.89 Å². The number of nitrogens with one attached hydrogen (secondary N) is 2. The molecule has 1 atom stereocenters. The van der Waals surface area contributed by atoms with Crippen LogP contribution in [0.5, 0.6) is 0 Å². The summed E-state index contributed by atoms with van der Waals surface area (Å²) in [7, 11) is 0.